The quantitative estimate of drug-likeness (QED) is 0.348. The van der Waals surface area contributed by atoms with E-state index in [-0.39, 0.29) is 11.5 Å². The van der Waals surface area contributed by atoms with Crippen molar-refractivity contribution in [1.82, 2.24) is 0 Å². The van der Waals surface area contributed by atoms with Crippen LogP contribution in [0.4, 0.5) is 0 Å². The summed E-state index contributed by atoms with van der Waals surface area (Å²) in [6, 6.07) is 16.9. The lowest BCUT2D eigenvalue weighted by Crippen LogP contribution is -2.29. The summed E-state index contributed by atoms with van der Waals surface area (Å²) in [5.41, 5.74) is 6.18. The molecule has 1 aliphatic carbocycles. The zero-order valence-electron chi connectivity index (χ0n) is 19.3. The summed E-state index contributed by atoms with van der Waals surface area (Å²) in [5.74, 6) is 0.619. The van der Waals surface area contributed by atoms with Gasteiger partial charge < -0.3 is 10.2 Å². The zero-order valence-corrected chi connectivity index (χ0v) is 19.3. The fourth-order valence-electron chi connectivity index (χ4n) is 4.46. The van der Waals surface area contributed by atoms with Gasteiger partial charge in [-0.1, -0.05) is 99.3 Å². The van der Waals surface area contributed by atoms with Crippen LogP contribution in [0.5, 0.6) is 0 Å². The van der Waals surface area contributed by atoms with Crippen LogP contribution in [0, 0.1) is 5.92 Å². The van der Waals surface area contributed by atoms with Gasteiger partial charge in [0.15, 0.2) is 0 Å². The highest BCUT2D eigenvalue weighted by Gasteiger charge is 2.46. The Bertz CT molecular complexity index is 1100. The summed E-state index contributed by atoms with van der Waals surface area (Å²) in [4.78, 5) is 0. The number of hydrogen-bond acceptors (Lipinski definition) is 2. The Kier molecular flexibility index (Phi) is 7.05. The molecule has 0 fully saturated rings. The van der Waals surface area contributed by atoms with Gasteiger partial charge in [0.1, 0.15) is 5.76 Å². The fourth-order valence-corrected chi connectivity index (χ4v) is 4.46. The van der Waals surface area contributed by atoms with Gasteiger partial charge in [-0.25, -0.2) is 0 Å². The first kappa shape index (κ1) is 23.1. The van der Waals surface area contributed by atoms with Crippen molar-refractivity contribution in [2.45, 2.75) is 33.1 Å². The van der Waals surface area contributed by atoms with E-state index in [0.717, 1.165) is 11.1 Å². The minimum absolute atomic E-state index is 0.00779. The second-order valence-corrected chi connectivity index (χ2v) is 8.44. The largest absolute Gasteiger partial charge is 0.513 e. The molecule has 0 saturated heterocycles. The molecule has 0 amide bonds. The highest BCUT2D eigenvalue weighted by atomic mass is 16.3. The molecule has 2 nitrogen and oxygen atoms in total. The van der Waals surface area contributed by atoms with Gasteiger partial charge in [-0.05, 0) is 65.3 Å². The monoisotopic (exact) mass is 424 g/mol. The van der Waals surface area contributed by atoms with E-state index in [1.54, 1.807) is 19.1 Å². The molecule has 3 rings (SSSR count). The molecule has 1 aliphatic rings. The van der Waals surface area contributed by atoms with Crippen LogP contribution < -0.4 is 0 Å². The maximum atomic E-state index is 9.99. The van der Waals surface area contributed by atoms with Crippen molar-refractivity contribution in [3.05, 3.63) is 131 Å². The van der Waals surface area contributed by atoms with Gasteiger partial charge in [0.25, 0.3) is 0 Å². The number of hydrogen-bond donors (Lipinski definition) is 2. The molecular weight excluding hydrogens is 392 g/mol. The molecule has 2 aromatic rings. The summed E-state index contributed by atoms with van der Waals surface area (Å²) in [7, 11) is 0. The molecule has 0 atom stereocenters. The van der Waals surface area contributed by atoms with Crippen molar-refractivity contribution in [2.24, 2.45) is 5.92 Å². The first-order chi connectivity index (χ1) is 15.3. The molecule has 0 spiro atoms. The molecule has 0 aliphatic heterocycles. The molecule has 0 heterocycles. The first-order valence-electron chi connectivity index (χ1n) is 11.0. The third-order valence-corrected chi connectivity index (χ3v) is 5.75. The zero-order chi connectivity index (χ0) is 23.3. The Morgan fingerprint density at radius 2 is 1.41 bits per heavy atom. The van der Waals surface area contributed by atoms with E-state index in [0.29, 0.717) is 5.92 Å². The molecule has 0 saturated carbocycles. The van der Waals surface area contributed by atoms with E-state index in [4.69, 9.17) is 0 Å². The minimum atomic E-state index is -0.606. The Morgan fingerprint density at radius 1 is 0.844 bits per heavy atom. The van der Waals surface area contributed by atoms with Crippen LogP contribution in [-0.2, 0) is 5.41 Å². The SMILES string of the molecule is C=C(O)/C=C\C(=C/C)C1(C(/C=C/C(C)C)=C/C=C(\C)O)c2ccccc2-c2ccccc21. The smallest absolute Gasteiger partial charge is 0.108 e. The molecule has 0 aromatic heterocycles. The lowest BCUT2D eigenvalue weighted by molar-refractivity contribution is 0.414. The van der Waals surface area contributed by atoms with E-state index in [1.165, 1.54) is 22.3 Å². The van der Waals surface area contributed by atoms with E-state index >= 15 is 0 Å². The molecule has 0 bridgehead atoms. The summed E-state index contributed by atoms with van der Waals surface area (Å²) in [6.45, 7) is 11.6. The summed E-state index contributed by atoms with van der Waals surface area (Å²) in [6.07, 6.45) is 13.7. The Balaban J connectivity index is 2.49. The first-order valence-corrected chi connectivity index (χ1v) is 11.0. The van der Waals surface area contributed by atoms with E-state index in [9.17, 15) is 10.2 Å². The van der Waals surface area contributed by atoms with Crippen LogP contribution in [0.3, 0.4) is 0 Å². The van der Waals surface area contributed by atoms with Crippen LogP contribution in [0.15, 0.2) is 120 Å². The molecule has 2 aromatic carbocycles. The lowest BCUT2D eigenvalue weighted by Gasteiger charge is -2.35. The maximum absolute atomic E-state index is 9.99. The van der Waals surface area contributed by atoms with Crippen LogP contribution >= 0.6 is 0 Å². The van der Waals surface area contributed by atoms with Crippen molar-refractivity contribution in [1.29, 1.82) is 0 Å². The average molecular weight is 425 g/mol. The molecule has 164 valence electrons. The van der Waals surface area contributed by atoms with Crippen LogP contribution in [0.25, 0.3) is 11.1 Å². The highest BCUT2D eigenvalue weighted by Crippen LogP contribution is 2.57. The number of rotatable bonds is 7. The molecule has 2 heteroatoms. The van der Waals surface area contributed by atoms with Crippen molar-refractivity contribution >= 4 is 0 Å². The third kappa shape index (κ3) is 4.27. The summed E-state index contributed by atoms with van der Waals surface area (Å²) in [5, 5.41) is 19.8. The molecule has 0 unspecified atom stereocenters. The Morgan fingerprint density at radius 3 is 1.88 bits per heavy atom. The van der Waals surface area contributed by atoms with Crippen LogP contribution in [0.1, 0.15) is 38.8 Å². The fraction of sp³-hybridized carbons (Fsp3) is 0.200. The van der Waals surface area contributed by atoms with Gasteiger partial charge in [-0.2, -0.15) is 0 Å². The predicted octanol–water partition coefficient (Wildman–Crippen LogP) is 8.13. The summed E-state index contributed by atoms with van der Waals surface area (Å²) >= 11 is 0. The Hall–Kier alpha value is -3.52. The lowest BCUT2D eigenvalue weighted by atomic mass is 9.66. The van der Waals surface area contributed by atoms with Gasteiger partial charge in [0.05, 0.1) is 11.2 Å². The van der Waals surface area contributed by atoms with Crippen molar-refractivity contribution < 1.29 is 10.2 Å². The second-order valence-electron chi connectivity index (χ2n) is 8.44. The molecule has 2 N–H and O–H groups in total. The molecular formula is C30H32O2. The maximum Gasteiger partial charge on any atom is 0.108 e. The van der Waals surface area contributed by atoms with Crippen molar-refractivity contribution in [3.8, 4) is 11.1 Å². The van der Waals surface area contributed by atoms with Crippen LogP contribution in [0.2, 0.25) is 0 Å². The van der Waals surface area contributed by atoms with Gasteiger partial charge in [0.2, 0.25) is 0 Å². The number of benzene rings is 2. The molecule has 0 radical (unpaired) electrons. The van der Waals surface area contributed by atoms with Gasteiger partial charge in [-0.3, -0.25) is 0 Å². The van der Waals surface area contributed by atoms with Crippen LogP contribution in [-0.4, -0.2) is 10.2 Å². The normalized spacial score (nSPS) is 16.1. The minimum Gasteiger partial charge on any atom is -0.513 e. The molecule has 32 heavy (non-hydrogen) atoms. The number of allylic oxidation sites excluding steroid dienone is 10. The topological polar surface area (TPSA) is 40.5 Å². The Labute approximate surface area is 192 Å². The van der Waals surface area contributed by atoms with Gasteiger partial charge >= 0.3 is 0 Å². The van der Waals surface area contributed by atoms with Crippen molar-refractivity contribution in [2.75, 3.05) is 0 Å². The standard InChI is InChI=1S/C30H32O2/c1-6-24(19-16-22(4)31)30(25(18-15-21(2)3)20-17-23(5)32)28-13-9-7-11-26(28)27-12-8-10-14-29(27)30/h6-21,31-32H,4H2,1-3,5H3/b18-15+,19-16-,23-17+,24-6+,25-20+. The van der Waals surface area contributed by atoms with E-state index in [2.05, 4.69) is 87.2 Å². The van der Waals surface area contributed by atoms with Crippen molar-refractivity contribution in [3.63, 3.8) is 0 Å². The summed E-state index contributed by atoms with van der Waals surface area (Å²) < 4.78 is 0. The van der Waals surface area contributed by atoms with Gasteiger partial charge in [0, 0.05) is 0 Å². The number of aliphatic hydroxyl groups is 2. The highest BCUT2D eigenvalue weighted by molar-refractivity contribution is 5.87. The number of aliphatic hydroxyl groups excluding tert-OH is 2. The van der Waals surface area contributed by atoms with E-state index in [1.807, 2.05) is 19.1 Å². The second kappa shape index (κ2) is 9.74. The predicted molar refractivity (Wildman–Crippen MR) is 136 cm³/mol. The average Bonchev–Trinajstić information content (AvgIpc) is 3.05. The number of fused-ring (bicyclic) bond motifs is 3. The van der Waals surface area contributed by atoms with E-state index < -0.39 is 5.41 Å². The third-order valence-electron chi connectivity index (χ3n) is 5.75. The van der Waals surface area contributed by atoms with Gasteiger partial charge in [-0.15, -0.1) is 0 Å².